The van der Waals surface area contributed by atoms with Crippen LogP contribution in [0.3, 0.4) is 0 Å². The minimum Gasteiger partial charge on any atom is -0.449 e. The van der Waals surface area contributed by atoms with Gasteiger partial charge in [-0.05, 0) is 38.3 Å². The number of hydrogen-bond donors (Lipinski definition) is 2. The highest BCUT2D eigenvalue weighted by molar-refractivity contribution is 5.92. The van der Waals surface area contributed by atoms with Crippen LogP contribution in [0.1, 0.15) is 52.0 Å². The van der Waals surface area contributed by atoms with E-state index in [0.717, 1.165) is 54.8 Å². The minimum absolute atomic E-state index is 0.148. The van der Waals surface area contributed by atoms with Gasteiger partial charge < -0.3 is 15.2 Å². The van der Waals surface area contributed by atoms with Crippen molar-refractivity contribution in [2.45, 2.75) is 64.1 Å². The average molecular weight is 502 g/mol. The van der Waals surface area contributed by atoms with Gasteiger partial charge in [0.05, 0.1) is 18.3 Å². The van der Waals surface area contributed by atoms with Crippen molar-refractivity contribution in [1.82, 2.24) is 19.6 Å². The zero-order chi connectivity index (χ0) is 25.9. The van der Waals surface area contributed by atoms with Crippen LogP contribution < -0.4 is 15.6 Å². The molecule has 36 heavy (non-hydrogen) atoms. The number of amides is 1. The first kappa shape index (κ1) is 25.5. The van der Waals surface area contributed by atoms with E-state index in [1.54, 1.807) is 26.1 Å². The molecule has 1 saturated carbocycles. The maximum absolute atomic E-state index is 13.9. The van der Waals surface area contributed by atoms with Gasteiger partial charge in [-0.25, -0.2) is 13.5 Å². The predicted octanol–water partition coefficient (Wildman–Crippen LogP) is 4.04. The highest BCUT2D eigenvalue weighted by Gasteiger charge is 2.29. The molecule has 0 bridgehead atoms. The fourth-order valence-electron chi connectivity index (χ4n) is 4.39. The molecular weight excluding hydrogens is 472 g/mol. The van der Waals surface area contributed by atoms with E-state index in [2.05, 4.69) is 15.5 Å². The van der Waals surface area contributed by atoms with Crippen LogP contribution in [-0.4, -0.2) is 36.2 Å². The molecule has 1 amide bonds. The molecule has 2 aromatic heterocycles. The molecule has 0 aliphatic heterocycles. The Bertz CT molecular complexity index is 1260. The van der Waals surface area contributed by atoms with Crippen LogP contribution in [0.15, 0.2) is 47.5 Å². The second kappa shape index (κ2) is 10.6. The second-order valence-corrected chi connectivity index (χ2v) is 9.73. The molecule has 11 heteroatoms. The normalized spacial score (nSPS) is 15.1. The standard InChI is InChI=1S/C25H29F2N5O4/c1-25(2,35)15-31-11-10-21(30-31)29-24(34)20(12-16-6-3-4-7-16)32-22(33)13-17(14-28-32)36-23-18(26)8-5-9-19(23)27/h5,8-11,13-14,16,20,35H,3-4,6-7,12,15H2,1-2H3,(H,29,30,34)/t20-/m1/s1. The highest BCUT2D eigenvalue weighted by Crippen LogP contribution is 2.32. The van der Waals surface area contributed by atoms with Crippen LogP contribution in [0.5, 0.6) is 11.5 Å². The summed E-state index contributed by atoms with van der Waals surface area (Å²) in [6, 6.07) is 5.01. The lowest BCUT2D eigenvalue weighted by molar-refractivity contribution is -0.120. The summed E-state index contributed by atoms with van der Waals surface area (Å²) in [5.41, 5.74) is -1.62. The van der Waals surface area contributed by atoms with E-state index in [1.807, 2.05) is 0 Å². The van der Waals surface area contributed by atoms with E-state index in [0.29, 0.717) is 6.42 Å². The minimum atomic E-state index is -0.981. The summed E-state index contributed by atoms with van der Waals surface area (Å²) < 4.78 is 35.7. The van der Waals surface area contributed by atoms with Crippen LogP contribution in [0.4, 0.5) is 14.6 Å². The first-order valence-electron chi connectivity index (χ1n) is 11.9. The number of nitrogens with one attached hydrogen (secondary N) is 1. The zero-order valence-corrected chi connectivity index (χ0v) is 20.2. The molecule has 1 aliphatic carbocycles. The molecule has 2 heterocycles. The van der Waals surface area contributed by atoms with Crippen molar-refractivity contribution in [1.29, 1.82) is 0 Å². The van der Waals surface area contributed by atoms with Gasteiger partial charge in [-0.3, -0.25) is 14.3 Å². The first-order chi connectivity index (χ1) is 17.1. The SMILES string of the molecule is CC(C)(O)Cn1ccc(NC(=O)[C@@H](CC2CCCC2)n2ncc(Oc3c(F)cccc3F)cc2=O)n1. The molecule has 3 aromatic rings. The largest absolute Gasteiger partial charge is 0.449 e. The van der Waals surface area contributed by atoms with Crippen molar-refractivity contribution in [2.75, 3.05) is 5.32 Å². The lowest BCUT2D eigenvalue weighted by Crippen LogP contribution is -2.36. The van der Waals surface area contributed by atoms with E-state index in [9.17, 15) is 23.5 Å². The van der Waals surface area contributed by atoms with Gasteiger partial charge >= 0.3 is 0 Å². The molecule has 0 radical (unpaired) electrons. The van der Waals surface area contributed by atoms with Gasteiger partial charge in [-0.1, -0.05) is 31.7 Å². The smallest absolute Gasteiger partial charge is 0.271 e. The Hall–Kier alpha value is -3.60. The lowest BCUT2D eigenvalue weighted by Gasteiger charge is -2.21. The Balaban J connectivity index is 1.56. The average Bonchev–Trinajstić information content (AvgIpc) is 3.46. The van der Waals surface area contributed by atoms with Crippen LogP contribution in [0.25, 0.3) is 0 Å². The molecule has 0 spiro atoms. The van der Waals surface area contributed by atoms with E-state index in [1.165, 1.54) is 10.7 Å². The van der Waals surface area contributed by atoms with Gasteiger partial charge in [0.1, 0.15) is 6.04 Å². The number of rotatable bonds is 9. The van der Waals surface area contributed by atoms with E-state index >= 15 is 0 Å². The summed E-state index contributed by atoms with van der Waals surface area (Å²) >= 11 is 0. The summed E-state index contributed by atoms with van der Waals surface area (Å²) in [5.74, 6) is -2.54. The van der Waals surface area contributed by atoms with Crippen LogP contribution in [0.2, 0.25) is 0 Å². The molecule has 0 unspecified atom stereocenters. The summed E-state index contributed by atoms with van der Waals surface area (Å²) in [7, 11) is 0. The fourth-order valence-corrected chi connectivity index (χ4v) is 4.39. The van der Waals surface area contributed by atoms with Crippen molar-refractivity contribution in [3.8, 4) is 11.5 Å². The molecule has 1 aliphatic rings. The molecule has 1 atom stereocenters. The molecule has 0 saturated heterocycles. The molecule has 9 nitrogen and oxygen atoms in total. The second-order valence-electron chi connectivity index (χ2n) is 9.73. The fraction of sp³-hybridized carbons (Fsp3) is 0.440. The van der Waals surface area contributed by atoms with Crippen molar-refractivity contribution in [3.63, 3.8) is 0 Å². The van der Waals surface area contributed by atoms with Crippen molar-refractivity contribution >= 4 is 11.7 Å². The quantitative estimate of drug-likeness (QED) is 0.458. The molecule has 1 fully saturated rings. The van der Waals surface area contributed by atoms with Crippen molar-refractivity contribution in [3.05, 3.63) is 64.7 Å². The Morgan fingerprint density at radius 3 is 2.58 bits per heavy atom. The number of halogens is 2. The number of hydrogen-bond acceptors (Lipinski definition) is 6. The number of carbonyl (C=O) groups is 1. The lowest BCUT2D eigenvalue weighted by atomic mass is 9.98. The highest BCUT2D eigenvalue weighted by atomic mass is 19.1. The van der Waals surface area contributed by atoms with E-state index in [4.69, 9.17) is 4.74 Å². The molecular formula is C25H29F2N5O4. The summed E-state index contributed by atoms with van der Waals surface area (Å²) in [6.45, 7) is 3.53. The van der Waals surface area contributed by atoms with Crippen LogP contribution in [-0.2, 0) is 11.3 Å². The number of aromatic nitrogens is 4. The topological polar surface area (TPSA) is 111 Å². The molecule has 1 aromatic carbocycles. The third-order valence-electron chi connectivity index (χ3n) is 6.01. The van der Waals surface area contributed by atoms with Crippen molar-refractivity contribution in [2.24, 2.45) is 5.92 Å². The molecule has 2 N–H and O–H groups in total. The number of aliphatic hydroxyl groups is 1. The third kappa shape index (κ3) is 6.34. The molecule has 192 valence electrons. The van der Waals surface area contributed by atoms with Gasteiger partial charge in [0.2, 0.25) is 0 Å². The van der Waals surface area contributed by atoms with Gasteiger partial charge in [0.15, 0.2) is 29.0 Å². The monoisotopic (exact) mass is 501 g/mol. The maximum Gasteiger partial charge on any atom is 0.271 e. The van der Waals surface area contributed by atoms with Gasteiger partial charge in [-0.15, -0.1) is 0 Å². The number of benzene rings is 1. The first-order valence-corrected chi connectivity index (χ1v) is 11.9. The number of para-hydroxylation sites is 1. The summed E-state index contributed by atoms with van der Waals surface area (Å²) in [6.07, 6.45) is 7.22. The number of anilines is 1. The van der Waals surface area contributed by atoms with E-state index < -0.39 is 40.5 Å². The molecule has 4 rings (SSSR count). The third-order valence-corrected chi connectivity index (χ3v) is 6.01. The maximum atomic E-state index is 13.9. The van der Waals surface area contributed by atoms with Gasteiger partial charge in [0.25, 0.3) is 11.5 Å². The summed E-state index contributed by atoms with van der Waals surface area (Å²) in [5, 5.41) is 21.1. The predicted molar refractivity (Wildman–Crippen MR) is 128 cm³/mol. The number of ether oxygens (including phenoxy) is 1. The Kier molecular flexibility index (Phi) is 7.48. The Labute approximate surface area is 206 Å². The van der Waals surface area contributed by atoms with Crippen LogP contribution in [0, 0.1) is 17.6 Å². The zero-order valence-electron chi connectivity index (χ0n) is 20.2. The van der Waals surface area contributed by atoms with E-state index in [-0.39, 0.29) is 24.0 Å². The van der Waals surface area contributed by atoms with Crippen LogP contribution >= 0.6 is 0 Å². The number of nitrogens with zero attached hydrogens (tertiary/aromatic N) is 4. The number of carbonyl (C=O) groups excluding carboxylic acids is 1. The van der Waals surface area contributed by atoms with Gasteiger partial charge in [0, 0.05) is 18.3 Å². The Morgan fingerprint density at radius 2 is 1.94 bits per heavy atom. The van der Waals surface area contributed by atoms with Gasteiger partial charge in [-0.2, -0.15) is 10.2 Å². The Morgan fingerprint density at radius 1 is 1.25 bits per heavy atom. The van der Waals surface area contributed by atoms with Crippen molar-refractivity contribution < 1.29 is 23.4 Å². The summed E-state index contributed by atoms with van der Waals surface area (Å²) in [4.78, 5) is 26.2.